The van der Waals surface area contributed by atoms with E-state index in [2.05, 4.69) is 27.2 Å². The summed E-state index contributed by atoms with van der Waals surface area (Å²) in [6.45, 7) is 3.63. The molecule has 17 heavy (non-hydrogen) atoms. The first-order chi connectivity index (χ1) is 8.29. The Bertz CT molecular complexity index is 521. The summed E-state index contributed by atoms with van der Waals surface area (Å²) >= 11 is 1.46. The van der Waals surface area contributed by atoms with Crippen molar-refractivity contribution in [3.05, 3.63) is 33.8 Å². The highest BCUT2D eigenvalue weighted by Crippen LogP contribution is 2.17. The summed E-state index contributed by atoms with van der Waals surface area (Å²) in [7, 11) is 0. The number of rotatable bonds is 5. The van der Waals surface area contributed by atoms with Gasteiger partial charge in [-0.1, -0.05) is 6.92 Å². The molecule has 0 radical (unpaired) electrons. The maximum atomic E-state index is 11.5. The molecule has 0 aliphatic rings. The van der Waals surface area contributed by atoms with Crippen LogP contribution in [0.25, 0.3) is 10.7 Å². The van der Waals surface area contributed by atoms with Crippen molar-refractivity contribution in [3.8, 4) is 10.7 Å². The van der Waals surface area contributed by atoms with Crippen molar-refractivity contribution in [2.75, 3.05) is 6.54 Å². The van der Waals surface area contributed by atoms with Gasteiger partial charge in [0.1, 0.15) is 0 Å². The Hall–Kier alpha value is -1.53. The largest absolute Gasteiger partial charge is 0.311 e. The molecule has 0 aromatic carbocycles. The van der Waals surface area contributed by atoms with Gasteiger partial charge in [0.2, 0.25) is 0 Å². The Labute approximate surface area is 103 Å². The zero-order valence-corrected chi connectivity index (χ0v) is 10.4. The van der Waals surface area contributed by atoms with E-state index in [4.69, 9.17) is 0 Å². The molecule has 0 unspecified atom stereocenters. The van der Waals surface area contributed by atoms with Crippen LogP contribution in [-0.4, -0.2) is 21.5 Å². The maximum absolute atomic E-state index is 11.5. The third-order valence-electron chi connectivity index (χ3n) is 2.19. The highest BCUT2D eigenvalue weighted by atomic mass is 32.1. The van der Waals surface area contributed by atoms with Crippen LogP contribution in [0.2, 0.25) is 0 Å². The molecule has 2 rings (SSSR count). The summed E-state index contributed by atoms with van der Waals surface area (Å²) in [6.07, 6.45) is 2.76. The molecule has 90 valence electrons. The normalized spacial score (nSPS) is 10.6. The fraction of sp³-hybridized carbons (Fsp3) is 0.364. The molecule has 0 spiro atoms. The SMILES string of the molecule is CCCNCc1cc(=O)[nH]c(-c2cncs2)n1. The van der Waals surface area contributed by atoms with Gasteiger partial charge in [-0.05, 0) is 13.0 Å². The quantitative estimate of drug-likeness (QED) is 0.787. The van der Waals surface area contributed by atoms with E-state index in [0.29, 0.717) is 12.4 Å². The van der Waals surface area contributed by atoms with E-state index in [1.807, 2.05) is 0 Å². The van der Waals surface area contributed by atoms with E-state index in [0.717, 1.165) is 23.5 Å². The number of thiazole rings is 1. The van der Waals surface area contributed by atoms with Crippen LogP contribution in [0.15, 0.2) is 22.6 Å². The van der Waals surface area contributed by atoms with Gasteiger partial charge in [-0.3, -0.25) is 9.78 Å². The van der Waals surface area contributed by atoms with E-state index < -0.39 is 0 Å². The van der Waals surface area contributed by atoms with Gasteiger partial charge in [0.05, 0.1) is 16.1 Å². The summed E-state index contributed by atoms with van der Waals surface area (Å²) in [5, 5.41) is 3.22. The van der Waals surface area contributed by atoms with E-state index in [1.54, 1.807) is 11.7 Å². The van der Waals surface area contributed by atoms with Crippen molar-refractivity contribution in [1.82, 2.24) is 20.3 Å². The number of hydrogen-bond donors (Lipinski definition) is 2. The molecule has 0 atom stereocenters. The molecule has 2 aromatic heterocycles. The van der Waals surface area contributed by atoms with Gasteiger partial charge in [-0.2, -0.15) is 0 Å². The topological polar surface area (TPSA) is 70.7 Å². The van der Waals surface area contributed by atoms with E-state index in [-0.39, 0.29) is 5.56 Å². The number of nitrogens with zero attached hydrogens (tertiary/aromatic N) is 2. The van der Waals surface area contributed by atoms with Crippen LogP contribution in [0.5, 0.6) is 0 Å². The Morgan fingerprint density at radius 1 is 1.53 bits per heavy atom. The average molecular weight is 250 g/mol. The van der Waals surface area contributed by atoms with E-state index in [1.165, 1.54) is 17.4 Å². The molecule has 6 heteroatoms. The maximum Gasteiger partial charge on any atom is 0.251 e. The van der Waals surface area contributed by atoms with Gasteiger partial charge >= 0.3 is 0 Å². The van der Waals surface area contributed by atoms with E-state index >= 15 is 0 Å². The van der Waals surface area contributed by atoms with E-state index in [9.17, 15) is 4.79 Å². The molecule has 0 fully saturated rings. The molecule has 0 saturated carbocycles. The zero-order valence-electron chi connectivity index (χ0n) is 9.56. The Morgan fingerprint density at radius 3 is 3.12 bits per heavy atom. The second kappa shape index (κ2) is 5.70. The first-order valence-corrected chi connectivity index (χ1v) is 6.37. The lowest BCUT2D eigenvalue weighted by atomic mass is 10.3. The molecular weight excluding hydrogens is 236 g/mol. The summed E-state index contributed by atoms with van der Waals surface area (Å²) in [5.74, 6) is 0.591. The molecule has 2 heterocycles. The van der Waals surface area contributed by atoms with Crippen molar-refractivity contribution < 1.29 is 0 Å². The monoisotopic (exact) mass is 250 g/mol. The summed E-state index contributed by atoms with van der Waals surface area (Å²) < 4.78 is 0. The van der Waals surface area contributed by atoms with Crippen molar-refractivity contribution in [1.29, 1.82) is 0 Å². The lowest BCUT2D eigenvalue weighted by molar-refractivity contribution is 0.663. The van der Waals surface area contributed by atoms with Crippen LogP contribution < -0.4 is 10.9 Å². The molecule has 2 aromatic rings. The van der Waals surface area contributed by atoms with Gasteiger partial charge in [0.15, 0.2) is 5.82 Å². The fourth-order valence-corrected chi connectivity index (χ4v) is 2.01. The molecule has 5 nitrogen and oxygen atoms in total. The second-order valence-corrected chi connectivity index (χ2v) is 4.51. The molecule has 0 bridgehead atoms. The minimum atomic E-state index is -0.128. The summed E-state index contributed by atoms with van der Waals surface area (Å²) in [6, 6.07) is 1.52. The minimum absolute atomic E-state index is 0.128. The Morgan fingerprint density at radius 2 is 2.41 bits per heavy atom. The molecule has 0 aliphatic carbocycles. The smallest absolute Gasteiger partial charge is 0.251 e. The van der Waals surface area contributed by atoms with Gasteiger partial charge in [-0.25, -0.2) is 4.98 Å². The van der Waals surface area contributed by atoms with Crippen molar-refractivity contribution in [2.45, 2.75) is 19.9 Å². The van der Waals surface area contributed by atoms with Crippen LogP contribution in [0.1, 0.15) is 19.0 Å². The summed E-state index contributed by atoms with van der Waals surface area (Å²) in [4.78, 5) is 23.5. The van der Waals surface area contributed by atoms with Gasteiger partial charge in [0, 0.05) is 18.8 Å². The predicted molar refractivity (Wildman–Crippen MR) is 68.0 cm³/mol. The lowest BCUT2D eigenvalue weighted by Gasteiger charge is -2.03. The highest BCUT2D eigenvalue weighted by molar-refractivity contribution is 7.13. The van der Waals surface area contributed by atoms with Crippen LogP contribution in [0.3, 0.4) is 0 Å². The lowest BCUT2D eigenvalue weighted by Crippen LogP contribution is -2.18. The average Bonchev–Trinajstić information content (AvgIpc) is 2.82. The Kier molecular flexibility index (Phi) is 4.00. The number of nitrogens with one attached hydrogen (secondary N) is 2. The summed E-state index contributed by atoms with van der Waals surface area (Å²) in [5.41, 5.74) is 2.35. The number of H-pyrrole nitrogens is 1. The van der Waals surface area contributed by atoms with Crippen molar-refractivity contribution >= 4 is 11.3 Å². The number of aromatic amines is 1. The van der Waals surface area contributed by atoms with Gasteiger partial charge in [0.25, 0.3) is 5.56 Å². The molecule has 0 aliphatic heterocycles. The molecule has 0 saturated heterocycles. The fourth-order valence-electron chi connectivity index (χ4n) is 1.44. The highest BCUT2D eigenvalue weighted by Gasteiger charge is 2.05. The third kappa shape index (κ3) is 3.21. The third-order valence-corrected chi connectivity index (χ3v) is 2.97. The zero-order chi connectivity index (χ0) is 12.1. The first-order valence-electron chi connectivity index (χ1n) is 5.49. The van der Waals surface area contributed by atoms with Crippen LogP contribution in [0, 0.1) is 0 Å². The van der Waals surface area contributed by atoms with Crippen LogP contribution in [0.4, 0.5) is 0 Å². The van der Waals surface area contributed by atoms with Gasteiger partial charge < -0.3 is 10.3 Å². The predicted octanol–water partition coefficient (Wildman–Crippen LogP) is 1.39. The Balaban J connectivity index is 2.21. The van der Waals surface area contributed by atoms with Crippen LogP contribution >= 0.6 is 11.3 Å². The van der Waals surface area contributed by atoms with Crippen molar-refractivity contribution in [2.24, 2.45) is 0 Å². The molecular formula is C11H14N4OS. The number of hydrogen-bond acceptors (Lipinski definition) is 5. The standard InChI is InChI=1S/C11H14N4OS/c1-2-3-12-5-8-4-10(16)15-11(14-8)9-6-13-7-17-9/h4,6-7,12H,2-3,5H2,1H3,(H,14,15,16). The second-order valence-electron chi connectivity index (χ2n) is 3.63. The minimum Gasteiger partial charge on any atom is -0.311 e. The van der Waals surface area contributed by atoms with Gasteiger partial charge in [-0.15, -0.1) is 11.3 Å². The number of aromatic nitrogens is 3. The molecule has 2 N–H and O–H groups in total. The first kappa shape index (κ1) is 11.9. The molecule has 0 amide bonds. The van der Waals surface area contributed by atoms with Crippen LogP contribution in [-0.2, 0) is 6.54 Å². The van der Waals surface area contributed by atoms with Crippen molar-refractivity contribution in [3.63, 3.8) is 0 Å².